The average molecular weight is 689 g/mol. The highest BCUT2D eigenvalue weighted by Crippen LogP contribution is 2.16. The topological polar surface area (TPSA) is 96.0 Å². The number of unbranched alkanes of at least 4 members (excludes halogenated alkanes) is 17. The molecule has 0 fully saturated rings. The van der Waals surface area contributed by atoms with Crippen LogP contribution in [0.5, 0.6) is 0 Å². The van der Waals surface area contributed by atoms with Crippen LogP contribution in [0.25, 0.3) is 0 Å². The van der Waals surface area contributed by atoms with Gasteiger partial charge in [-0.15, -0.1) is 0 Å². The molecule has 282 valence electrons. The predicted octanol–water partition coefficient (Wildman–Crippen LogP) is 11.4. The third-order valence-corrected chi connectivity index (χ3v) is 8.45. The summed E-state index contributed by atoms with van der Waals surface area (Å²) in [5.41, 5.74) is 0. The molecule has 1 atom stereocenters. The zero-order chi connectivity index (χ0) is 35.9. The molecule has 49 heavy (non-hydrogen) atoms. The van der Waals surface area contributed by atoms with E-state index in [0.717, 1.165) is 89.9 Å². The van der Waals surface area contributed by atoms with E-state index in [0.29, 0.717) is 19.3 Å². The summed E-state index contributed by atoms with van der Waals surface area (Å²) in [6, 6.07) is 0. The van der Waals surface area contributed by atoms with Crippen LogP contribution in [-0.2, 0) is 33.4 Å². The van der Waals surface area contributed by atoms with Crippen molar-refractivity contribution in [2.75, 3.05) is 13.2 Å². The molecule has 0 unspecified atom stereocenters. The number of hydrogen-bond donors (Lipinski definition) is 0. The monoisotopic (exact) mass is 689 g/mol. The van der Waals surface area contributed by atoms with E-state index in [4.69, 9.17) is 9.47 Å². The largest absolute Gasteiger partial charge is 0.466 e. The van der Waals surface area contributed by atoms with E-state index in [1.807, 2.05) is 0 Å². The minimum Gasteiger partial charge on any atom is -0.466 e. The molecule has 0 aliphatic rings. The number of carbonyl (C=O) groups is 4. The quantitative estimate of drug-likeness (QED) is 0.0212. The summed E-state index contributed by atoms with van der Waals surface area (Å²) in [6.07, 6.45) is 41.4. The van der Waals surface area contributed by atoms with Crippen LogP contribution in [-0.4, -0.2) is 43.5 Å². The van der Waals surface area contributed by atoms with Gasteiger partial charge in [0, 0.05) is 12.8 Å². The molecule has 0 saturated heterocycles. The summed E-state index contributed by atoms with van der Waals surface area (Å²) in [5.74, 6) is -1.02. The minimum atomic E-state index is -0.567. The van der Waals surface area contributed by atoms with Crippen LogP contribution < -0.4 is 0 Å². The average Bonchev–Trinajstić information content (AvgIpc) is 3.10. The molecule has 7 heteroatoms. The van der Waals surface area contributed by atoms with Crippen molar-refractivity contribution in [3.05, 3.63) is 36.5 Å². The number of rotatable bonds is 36. The molecule has 0 aliphatic heterocycles. The van der Waals surface area contributed by atoms with Gasteiger partial charge in [-0.05, 0) is 70.6 Å². The van der Waals surface area contributed by atoms with Crippen molar-refractivity contribution in [3.63, 3.8) is 0 Å². The van der Waals surface area contributed by atoms with Crippen LogP contribution in [0.2, 0.25) is 0 Å². The first kappa shape index (κ1) is 46.3. The van der Waals surface area contributed by atoms with Gasteiger partial charge in [-0.3, -0.25) is 19.2 Å². The summed E-state index contributed by atoms with van der Waals surface area (Å²) in [5, 5.41) is 0. The molecule has 0 heterocycles. The number of aldehydes is 1. The first-order valence-corrected chi connectivity index (χ1v) is 19.9. The Morgan fingerprint density at radius 3 is 1.65 bits per heavy atom. The van der Waals surface area contributed by atoms with Crippen LogP contribution in [0.15, 0.2) is 36.5 Å². The normalized spacial score (nSPS) is 12.2. The number of esters is 3. The molecular formula is C42H72O7. The molecule has 0 spiro atoms. The molecular weight excluding hydrogens is 616 g/mol. The molecule has 0 aromatic heterocycles. The summed E-state index contributed by atoms with van der Waals surface area (Å²) in [4.78, 5) is 45.7. The van der Waals surface area contributed by atoms with Gasteiger partial charge in [0.25, 0.3) is 0 Å². The second kappa shape index (κ2) is 38.1. The third kappa shape index (κ3) is 36.4. The van der Waals surface area contributed by atoms with E-state index >= 15 is 0 Å². The smallest absolute Gasteiger partial charge is 0.306 e. The first-order chi connectivity index (χ1) is 24.0. The molecule has 7 nitrogen and oxygen atoms in total. The van der Waals surface area contributed by atoms with E-state index in [1.165, 1.54) is 64.2 Å². The zero-order valence-electron chi connectivity index (χ0n) is 31.5. The van der Waals surface area contributed by atoms with Gasteiger partial charge in [0.15, 0.2) is 6.29 Å². The lowest BCUT2D eigenvalue weighted by Gasteiger charge is -2.16. The van der Waals surface area contributed by atoms with Crippen molar-refractivity contribution in [1.82, 2.24) is 0 Å². The first-order valence-electron chi connectivity index (χ1n) is 19.9. The van der Waals surface area contributed by atoms with E-state index in [-0.39, 0.29) is 31.5 Å². The van der Waals surface area contributed by atoms with Crippen LogP contribution in [0.1, 0.15) is 187 Å². The van der Waals surface area contributed by atoms with Gasteiger partial charge in [0.1, 0.15) is 12.7 Å². The summed E-state index contributed by atoms with van der Waals surface area (Å²) in [7, 11) is 0. The molecule has 0 bridgehead atoms. The molecule has 0 radical (unpaired) electrons. The standard InChI is InChI=1S/C42H72O7/c1-3-5-7-9-10-11-12-13-14-15-16-19-22-25-29-33-42(46)49-39(31-27-8-6-4-2)32-28-24-21-18-17-20-23-26-30-37-47-40(44)34-35-41(45)48-38-36-43/h10-11,13-14,24,28,36,39H,3-9,12,15-23,25-27,29-35,37-38H2,1-2H3/b11-10-,14-13-,28-24-/t39-/m1/s1. The van der Waals surface area contributed by atoms with E-state index in [9.17, 15) is 19.2 Å². The Morgan fingerprint density at radius 2 is 1.02 bits per heavy atom. The molecule has 0 aliphatic carbocycles. The predicted molar refractivity (Wildman–Crippen MR) is 201 cm³/mol. The van der Waals surface area contributed by atoms with Gasteiger partial charge in [-0.1, -0.05) is 127 Å². The highest BCUT2D eigenvalue weighted by atomic mass is 16.5. The Hall–Kier alpha value is -2.70. The van der Waals surface area contributed by atoms with E-state index in [2.05, 4.69) is 55.0 Å². The second-order valence-corrected chi connectivity index (χ2v) is 13.1. The Balaban J connectivity index is 3.94. The summed E-state index contributed by atoms with van der Waals surface area (Å²) >= 11 is 0. The van der Waals surface area contributed by atoms with Gasteiger partial charge < -0.3 is 14.2 Å². The number of carbonyl (C=O) groups excluding carboxylic acids is 4. The van der Waals surface area contributed by atoms with Gasteiger partial charge in [-0.25, -0.2) is 0 Å². The molecule has 0 aromatic carbocycles. The number of ether oxygens (including phenoxy) is 3. The Kier molecular flexibility index (Phi) is 36.0. The third-order valence-electron chi connectivity index (χ3n) is 8.45. The highest BCUT2D eigenvalue weighted by Gasteiger charge is 2.13. The SMILES string of the molecule is CCCCC/C=C\C/C=C\CCCCCCCC(=O)O[C@@H](C/C=C\CCCCCCCCOC(=O)CCC(=O)OCC=O)CCCCCC. The Labute approximate surface area is 300 Å². The fourth-order valence-corrected chi connectivity index (χ4v) is 5.45. The van der Waals surface area contributed by atoms with E-state index in [1.54, 1.807) is 0 Å². The maximum Gasteiger partial charge on any atom is 0.306 e. The molecule has 0 saturated carbocycles. The van der Waals surface area contributed by atoms with Gasteiger partial charge >= 0.3 is 17.9 Å². The maximum absolute atomic E-state index is 12.6. The molecule has 0 amide bonds. The lowest BCUT2D eigenvalue weighted by molar-refractivity contribution is -0.151. The Morgan fingerprint density at radius 1 is 0.510 bits per heavy atom. The molecule has 0 N–H and O–H groups in total. The fraction of sp³-hybridized carbons (Fsp3) is 0.762. The minimum absolute atomic E-state index is 0.0102. The van der Waals surface area contributed by atoms with Crippen molar-refractivity contribution < 1.29 is 33.4 Å². The molecule has 0 rings (SSSR count). The van der Waals surface area contributed by atoms with Crippen LogP contribution in [0, 0.1) is 0 Å². The number of hydrogen-bond acceptors (Lipinski definition) is 7. The van der Waals surface area contributed by atoms with Gasteiger partial charge in [-0.2, -0.15) is 0 Å². The fourth-order valence-electron chi connectivity index (χ4n) is 5.45. The van der Waals surface area contributed by atoms with Crippen molar-refractivity contribution in [1.29, 1.82) is 0 Å². The second-order valence-electron chi connectivity index (χ2n) is 13.1. The lowest BCUT2D eigenvalue weighted by atomic mass is 10.1. The van der Waals surface area contributed by atoms with E-state index < -0.39 is 11.9 Å². The van der Waals surface area contributed by atoms with Crippen molar-refractivity contribution >= 4 is 24.2 Å². The Bertz CT molecular complexity index is 876. The summed E-state index contributed by atoms with van der Waals surface area (Å²) in [6.45, 7) is 4.55. The number of allylic oxidation sites excluding steroid dienone is 5. The zero-order valence-corrected chi connectivity index (χ0v) is 31.5. The van der Waals surface area contributed by atoms with Gasteiger partial charge in [0.05, 0.1) is 19.4 Å². The van der Waals surface area contributed by atoms with Crippen molar-refractivity contribution in [2.24, 2.45) is 0 Å². The van der Waals surface area contributed by atoms with Crippen molar-refractivity contribution in [3.8, 4) is 0 Å². The van der Waals surface area contributed by atoms with Gasteiger partial charge in [0.2, 0.25) is 0 Å². The van der Waals surface area contributed by atoms with Crippen molar-refractivity contribution in [2.45, 2.75) is 193 Å². The molecule has 0 aromatic rings. The summed E-state index contributed by atoms with van der Waals surface area (Å²) < 4.78 is 15.7. The van der Waals surface area contributed by atoms with Crippen LogP contribution in [0.4, 0.5) is 0 Å². The highest BCUT2D eigenvalue weighted by molar-refractivity contribution is 5.78. The van der Waals surface area contributed by atoms with Crippen LogP contribution in [0.3, 0.4) is 0 Å². The van der Waals surface area contributed by atoms with Crippen LogP contribution >= 0.6 is 0 Å². The maximum atomic E-state index is 12.6. The lowest BCUT2D eigenvalue weighted by Crippen LogP contribution is -2.17.